The zero-order chi connectivity index (χ0) is 20.1. The summed E-state index contributed by atoms with van der Waals surface area (Å²) >= 11 is 0. The summed E-state index contributed by atoms with van der Waals surface area (Å²) in [5.74, 6) is -0.853. The second kappa shape index (κ2) is 8.02. The van der Waals surface area contributed by atoms with Crippen molar-refractivity contribution in [2.75, 3.05) is 5.75 Å². The van der Waals surface area contributed by atoms with E-state index in [4.69, 9.17) is 5.26 Å². The van der Waals surface area contributed by atoms with E-state index < -0.39 is 21.1 Å². The van der Waals surface area contributed by atoms with Crippen LogP contribution in [-0.2, 0) is 22.0 Å². The number of sulfone groups is 1. The molecule has 0 atom stereocenters. The fourth-order valence-corrected chi connectivity index (χ4v) is 3.94. The lowest BCUT2D eigenvalue weighted by Gasteiger charge is -2.06. The van der Waals surface area contributed by atoms with Gasteiger partial charge in [0.1, 0.15) is 17.5 Å². The molecule has 0 saturated heterocycles. The number of aromatic nitrogens is 3. The van der Waals surface area contributed by atoms with Crippen molar-refractivity contribution in [3.05, 3.63) is 75.8 Å². The Morgan fingerprint density at radius 2 is 1.89 bits per heavy atom. The SMILES string of the molecule is N#Cc1cnc(-c2ncc(CS(=O)(=O)CCc3ccccc3)c(=O)[nH]2)c(O)c1. The molecule has 3 rings (SSSR count). The van der Waals surface area contributed by atoms with E-state index in [1.165, 1.54) is 12.3 Å². The molecular formula is C19H16N4O4S. The van der Waals surface area contributed by atoms with Gasteiger partial charge in [0.05, 0.1) is 22.6 Å². The minimum atomic E-state index is -3.51. The first-order valence-corrected chi connectivity index (χ1v) is 10.1. The van der Waals surface area contributed by atoms with Gasteiger partial charge in [0, 0.05) is 18.5 Å². The quantitative estimate of drug-likeness (QED) is 0.645. The normalized spacial score (nSPS) is 11.1. The lowest BCUT2D eigenvalue weighted by molar-refractivity contribution is 0.474. The van der Waals surface area contributed by atoms with Crippen LogP contribution in [0.2, 0.25) is 0 Å². The molecule has 0 bridgehead atoms. The van der Waals surface area contributed by atoms with Crippen LogP contribution < -0.4 is 5.56 Å². The standard InChI is InChI=1S/C19H16N4O4S/c20-9-14-8-16(24)17(21-10-14)18-22-11-15(19(25)23-18)12-28(26,27)7-6-13-4-2-1-3-5-13/h1-5,8,10-11,24H,6-7,12H2,(H,22,23,25). The van der Waals surface area contributed by atoms with Crippen molar-refractivity contribution in [2.45, 2.75) is 12.2 Å². The maximum Gasteiger partial charge on any atom is 0.255 e. The summed E-state index contributed by atoms with van der Waals surface area (Å²) in [7, 11) is -3.51. The second-order valence-corrected chi connectivity index (χ2v) is 8.30. The van der Waals surface area contributed by atoms with Crippen molar-refractivity contribution in [3.63, 3.8) is 0 Å². The van der Waals surface area contributed by atoms with Crippen LogP contribution in [0.1, 0.15) is 16.7 Å². The third-order valence-corrected chi connectivity index (χ3v) is 5.59. The van der Waals surface area contributed by atoms with Gasteiger partial charge in [-0.1, -0.05) is 30.3 Å². The first-order chi connectivity index (χ1) is 13.4. The van der Waals surface area contributed by atoms with E-state index in [0.717, 1.165) is 11.8 Å². The molecule has 1 aromatic carbocycles. The molecule has 0 aliphatic carbocycles. The summed E-state index contributed by atoms with van der Waals surface area (Å²) in [6.07, 6.45) is 2.75. The molecule has 9 heteroatoms. The maximum atomic E-state index is 12.3. The molecule has 2 aromatic heterocycles. The van der Waals surface area contributed by atoms with Crippen molar-refractivity contribution in [2.24, 2.45) is 0 Å². The number of hydrogen-bond acceptors (Lipinski definition) is 7. The smallest absolute Gasteiger partial charge is 0.255 e. The fourth-order valence-electron chi connectivity index (χ4n) is 2.57. The average Bonchev–Trinajstić information content (AvgIpc) is 2.69. The minimum absolute atomic E-state index is 0.00458. The third kappa shape index (κ3) is 4.61. The Kier molecular flexibility index (Phi) is 5.52. The summed E-state index contributed by atoms with van der Waals surface area (Å²) in [6.45, 7) is 0. The van der Waals surface area contributed by atoms with Crippen LogP contribution in [0.3, 0.4) is 0 Å². The number of aromatic hydroxyl groups is 1. The topological polar surface area (TPSA) is 137 Å². The van der Waals surface area contributed by atoms with E-state index in [2.05, 4.69) is 15.0 Å². The largest absolute Gasteiger partial charge is 0.505 e. The third-order valence-electron chi connectivity index (χ3n) is 4.01. The van der Waals surface area contributed by atoms with E-state index in [-0.39, 0.29) is 34.1 Å². The van der Waals surface area contributed by atoms with Crippen LogP contribution in [0.4, 0.5) is 0 Å². The van der Waals surface area contributed by atoms with Gasteiger partial charge in [-0.15, -0.1) is 0 Å². The van der Waals surface area contributed by atoms with Crippen molar-refractivity contribution in [3.8, 4) is 23.3 Å². The van der Waals surface area contributed by atoms with Gasteiger partial charge in [0.15, 0.2) is 15.7 Å². The Hall–Kier alpha value is -3.51. The molecule has 2 N–H and O–H groups in total. The van der Waals surface area contributed by atoms with Crippen LogP contribution in [0.25, 0.3) is 11.5 Å². The van der Waals surface area contributed by atoms with E-state index in [1.807, 2.05) is 36.4 Å². The average molecular weight is 396 g/mol. The highest BCUT2D eigenvalue weighted by Crippen LogP contribution is 2.23. The number of nitriles is 1. The molecule has 2 heterocycles. The first kappa shape index (κ1) is 19.3. The van der Waals surface area contributed by atoms with Gasteiger partial charge in [-0.3, -0.25) is 4.79 Å². The van der Waals surface area contributed by atoms with Gasteiger partial charge in [0.25, 0.3) is 5.56 Å². The number of benzene rings is 1. The highest BCUT2D eigenvalue weighted by molar-refractivity contribution is 7.90. The zero-order valence-corrected chi connectivity index (χ0v) is 15.5. The number of aryl methyl sites for hydroxylation is 1. The Labute approximate surface area is 161 Å². The van der Waals surface area contributed by atoms with E-state index >= 15 is 0 Å². The molecule has 8 nitrogen and oxygen atoms in total. The Morgan fingerprint density at radius 1 is 1.14 bits per heavy atom. The van der Waals surface area contributed by atoms with Gasteiger partial charge in [-0.05, 0) is 12.0 Å². The minimum Gasteiger partial charge on any atom is -0.505 e. The van der Waals surface area contributed by atoms with Crippen LogP contribution in [0.5, 0.6) is 5.75 Å². The Balaban J connectivity index is 1.77. The van der Waals surface area contributed by atoms with Gasteiger partial charge in [0.2, 0.25) is 0 Å². The lowest BCUT2D eigenvalue weighted by atomic mass is 10.2. The van der Waals surface area contributed by atoms with Crippen LogP contribution >= 0.6 is 0 Å². The van der Waals surface area contributed by atoms with Crippen molar-refractivity contribution >= 4 is 9.84 Å². The maximum absolute atomic E-state index is 12.3. The highest BCUT2D eigenvalue weighted by Gasteiger charge is 2.17. The van der Waals surface area contributed by atoms with Crippen LogP contribution in [0.15, 0.2) is 53.6 Å². The summed E-state index contributed by atoms with van der Waals surface area (Å²) < 4.78 is 24.7. The van der Waals surface area contributed by atoms with Crippen molar-refractivity contribution in [1.29, 1.82) is 5.26 Å². The Morgan fingerprint density at radius 3 is 2.54 bits per heavy atom. The lowest BCUT2D eigenvalue weighted by Crippen LogP contribution is -2.20. The molecule has 142 valence electrons. The highest BCUT2D eigenvalue weighted by atomic mass is 32.2. The number of aromatic amines is 1. The van der Waals surface area contributed by atoms with Crippen LogP contribution in [-0.4, -0.2) is 34.2 Å². The van der Waals surface area contributed by atoms with Crippen molar-refractivity contribution in [1.82, 2.24) is 15.0 Å². The van der Waals surface area contributed by atoms with Gasteiger partial charge in [-0.2, -0.15) is 5.26 Å². The molecule has 0 unspecified atom stereocenters. The van der Waals surface area contributed by atoms with E-state index in [9.17, 15) is 18.3 Å². The molecule has 0 amide bonds. The molecule has 28 heavy (non-hydrogen) atoms. The predicted octanol–water partition coefficient (Wildman–Crippen LogP) is 1.57. The van der Waals surface area contributed by atoms with Crippen LogP contribution in [0, 0.1) is 11.3 Å². The molecule has 0 fully saturated rings. The molecular weight excluding hydrogens is 380 g/mol. The number of hydrogen-bond donors (Lipinski definition) is 2. The zero-order valence-electron chi connectivity index (χ0n) is 14.7. The second-order valence-electron chi connectivity index (χ2n) is 6.12. The number of pyridine rings is 1. The number of H-pyrrole nitrogens is 1. The summed E-state index contributed by atoms with van der Waals surface area (Å²) in [5, 5.41) is 18.7. The molecule has 0 aliphatic rings. The van der Waals surface area contributed by atoms with Gasteiger partial charge in [-0.25, -0.2) is 18.4 Å². The van der Waals surface area contributed by atoms with Crippen molar-refractivity contribution < 1.29 is 13.5 Å². The van der Waals surface area contributed by atoms with Gasteiger partial charge < -0.3 is 10.1 Å². The predicted molar refractivity (Wildman–Crippen MR) is 102 cm³/mol. The summed E-state index contributed by atoms with van der Waals surface area (Å²) in [5.41, 5.74) is 0.430. The van der Waals surface area contributed by atoms with E-state index in [1.54, 1.807) is 0 Å². The van der Waals surface area contributed by atoms with Gasteiger partial charge >= 0.3 is 0 Å². The molecule has 0 radical (unpaired) electrons. The fraction of sp³-hybridized carbons (Fsp3) is 0.158. The number of rotatable bonds is 6. The molecule has 0 aliphatic heterocycles. The Bertz CT molecular complexity index is 1200. The summed E-state index contributed by atoms with van der Waals surface area (Å²) in [6, 6.07) is 12.2. The first-order valence-electron chi connectivity index (χ1n) is 8.30. The van der Waals surface area contributed by atoms with E-state index in [0.29, 0.717) is 6.42 Å². The number of nitrogens with one attached hydrogen (secondary N) is 1. The molecule has 0 saturated carbocycles. The summed E-state index contributed by atoms with van der Waals surface area (Å²) in [4.78, 5) is 22.6. The molecule has 3 aromatic rings. The number of nitrogens with zero attached hydrogens (tertiary/aromatic N) is 3. The molecule has 0 spiro atoms. The monoisotopic (exact) mass is 396 g/mol.